The Labute approximate surface area is 146 Å². The summed E-state index contributed by atoms with van der Waals surface area (Å²) in [6.45, 7) is 13.9. The Kier molecular flexibility index (Phi) is 3.73. The molecule has 0 aromatic carbocycles. The van der Waals surface area contributed by atoms with Crippen LogP contribution in [0.3, 0.4) is 0 Å². The van der Waals surface area contributed by atoms with Crippen molar-refractivity contribution in [3.05, 3.63) is 0 Å². The fourth-order valence-electron chi connectivity index (χ4n) is 4.58. The van der Waals surface area contributed by atoms with Crippen molar-refractivity contribution in [1.29, 1.82) is 0 Å². The smallest absolute Gasteiger partial charge is 0.110 e. The highest BCUT2D eigenvalue weighted by Gasteiger charge is 2.59. The lowest BCUT2D eigenvalue weighted by atomic mass is 9.72. The summed E-state index contributed by atoms with van der Waals surface area (Å²) >= 11 is 0. The Hall–Kier alpha value is -0.160. The maximum absolute atomic E-state index is 6.54. The minimum atomic E-state index is -0.0999. The molecule has 4 nitrogen and oxygen atoms in total. The zero-order valence-corrected chi connectivity index (χ0v) is 16.2. The lowest BCUT2D eigenvalue weighted by Gasteiger charge is -2.40. The van der Waals surface area contributed by atoms with Gasteiger partial charge in [-0.1, -0.05) is 0 Å². The Morgan fingerprint density at radius 2 is 1.62 bits per heavy atom. The third kappa shape index (κ3) is 3.15. The summed E-state index contributed by atoms with van der Waals surface area (Å²) < 4.78 is 24.0. The minimum Gasteiger partial charge on any atom is -0.372 e. The van der Waals surface area contributed by atoms with Gasteiger partial charge in [-0.3, -0.25) is 0 Å². The van der Waals surface area contributed by atoms with E-state index in [4.69, 9.17) is 18.9 Å². The average Bonchev–Trinajstić information content (AvgIpc) is 3.40. The van der Waals surface area contributed by atoms with E-state index in [0.29, 0.717) is 24.7 Å². The molecule has 4 fully saturated rings. The molecule has 3 heterocycles. The van der Waals surface area contributed by atoms with Gasteiger partial charge in [0.25, 0.3) is 0 Å². The molecule has 6 unspecified atom stereocenters. The number of hydrogen-bond donors (Lipinski definition) is 0. The van der Waals surface area contributed by atoms with Gasteiger partial charge in [0, 0.05) is 0 Å². The standard InChI is InChI=1S/C20H34O4/c1-17(2)14(22-17)8-10-19(5,21-12-16-18(3,4)23-16)13-7-9-20(6)15(11-13)24-20/h13-16H,7-12H2,1-6H3. The monoisotopic (exact) mass is 338 g/mol. The summed E-state index contributed by atoms with van der Waals surface area (Å²) in [4.78, 5) is 0. The van der Waals surface area contributed by atoms with Crippen LogP contribution in [0.25, 0.3) is 0 Å². The molecule has 24 heavy (non-hydrogen) atoms. The molecule has 0 bridgehead atoms. The first-order chi connectivity index (χ1) is 11.0. The Balaban J connectivity index is 1.38. The van der Waals surface area contributed by atoms with E-state index >= 15 is 0 Å². The summed E-state index contributed by atoms with van der Waals surface area (Å²) in [6.07, 6.45) is 6.72. The Morgan fingerprint density at radius 1 is 1.00 bits per heavy atom. The highest BCUT2D eigenvalue weighted by molar-refractivity contribution is 5.07. The van der Waals surface area contributed by atoms with Crippen LogP contribution in [-0.2, 0) is 18.9 Å². The van der Waals surface area contributed by atoms with Gasteiger partial charge in [0.15, 0.2) is 0 Å². The Morgan fingerprint density at radius 3 is 2.17 bits per heavy atom. The topological polar surface area (TPSA) is 46.8 Å². The van der Waals surface area contributed by atoms with E-state index in [9.17, 15) is 0 Å². The van der Waals surface area contributed by atoms with E-state index in [-0.39, 0.29) is 28.5 Å². The first-order valence-corrected chi connectivity index (χ1v) is 9.72. The molecule has 138 valence electrons. The number of rotatable bonds is 7. The summed E-state index contributed by atoms with van der Waals surface area (Å²) in [6, 6.07) is 0. The van der Waals surface area contributed by atoms with E-state index in [1.54, 1.807) is 0 Å². The van der Waals surface area contributed by atoms with E-state index in [0.717, 1.165) is 25.7 Å². The average molecular weight is 338 g/mol. The summed E-state index contributed by atoms with van der Waals surface area (Å²) in [5.74, 6) is 0.571. The zero-order valence-electron chi connectivity index (χ0n) is 16.2. The zero-order chi connectivity index (χ0) is 17.4. The second kappa shape index (κ2) is 5.18. The van der Waals surface area contributed by atoms with Crippen LogP contribution < -0.4 is 0 Å². The van der Waals surface area contributed by atoms with Crippen LogP contribution >= 0.6 is 0 Å². The van der Waals surface area contributed by atoms with Crippen LogP contribution in [0, 0.1) is 5.92 Å². The van der Waals surface area contributed by atoms with Gasteiger partial charge in [-0.2, -0.15) is 0 Å². The molecule has 4 rings (SSSR count). The van der Waals surface area contributed by atoms with E-state index in [1.807, 2.05) is 0 Å². The first kappa shape index (κ1) is 17.3. The fraction of sp³-hybridized carbons (Fsp3) is 1.00. The van der Waals surface area contributed by atoms with Gasteiger partial charge in [0.05, 0.1) is 41.2 Å². The summed E-state index contributed by atoms with van der Waals surface area (Å²) in [7, 11) is 0. The Bertz CT molecular complexity index is 488. The molecule has 6 atom stereocenters. The molecule has 3 saturated heterocycles. The highest BCUT2D eigenvalue weighted by Crippen LogP contribution is 2.53. The summed E-state index contributed by atoms with van der Waals surface area (Å²) in [5, 5.41) is 0. The molecule has 4 aliphatic rings. The van der Waals surface area contributed by atoms with Crippen molar-refractivity contribution in [3.8, 4) is 0 Å². The van der Waals surface area contributed by atoms with Crippen LogP contribution in [0.15, 0.2) is 0 Å². The van der Waals surface area contributed by atoms with Crippen LogP contribution in [0.5, 0.6) is 0 Å². The quantitative estimate of drug-likeness (QED) is 0.662. The molecule has 0 amide bonds. The van der Waals surface area contributed by atoms with Gasteiger partial charge in [-0.15, -0.1) is 0 Å². The molecular formula is C20H34O4. The second-order valence-corrected chi connectivity index (χ2v) is 9.97. The van der Waals surface area contributed by atoms with Crippen molar-refractivity contribution in [3.63, 3.8) is 0 Å². The van der Waals surface area contributed by atoms with Crippen LogP contribution in [0.1, 0.15) is 73.6 Å². The highest BCUT2D eigenvalue weighted by atomic mass is 16.6. The predicted molar refractivity (Wildman–Crippen MR) is 92.1 cm³/mol. The molecule has 0 N–H and O–H groups in total. The maximum Gasteiger partial charge on any atom is 0.110 e. The number of ether oxygens (including phenoxy) is 4. The van der Waals surface area contributed by atoms with Gasteiger partial charge >= 0.3 is 0 Å². The molecule has 3 aliphatic heterocycles. The largest absolute Gasteiger partial charge is 0.372 e. The van der Waals surface area contributed by atoms with Crippen LogP contribution in [0.2, 0.25) is 0 Å². The third-order valence-corrected chi connectivity index (χ3v) is 7.18. The van der Waals surface area contributed by atoms with Crippen LogP contribution in [0.4, 0.5) is 0 Å². The lowest BCUT2D eigenvalue weighted by Crippen LogP contribution is -2.43. The lowest BCUT2D eigenvalue weighted by molar-refractivity contribution is -0.0942. The maximum atomic E-state index is 6.54. The van der Waals surface area contributed by atoms with Gasteiger partial charge in [-0.25, -0.2) is 0 Å². The van der Waals surface area contributed by atoms with Crippen molar-refractivity contribution in [2.24, 2.45) is 5.92 Å². The van der Waals surface area contributed by atoms with Gasteiger partial charge in [0.2, 0.25) is 0 Å². The van der Waals surface area contributed by atoms with Crippen LogP contribution in [-0.4, -0.2) is 47.3 Å². The number of fused-ring (bicyclic) bond motifs is 1. The van der Waals surface area contributed by atoms with Gasteiger partial charge in [-0.05, 0) is 79.6 Å². The second-order valence-electron chi connectivity index (χ2n) is 9.97. The first-order valence-electron chi connectivity index (χ1n) is 9.72. The third-order valence-electron chi connectivity index (χ3n) is 7.18. The number of hydrogen-bond acceptors (Lipinski definition) is 4. The molecule has 0 aromatic rings. The predicted octanol–water partition coefficient (Wildman–Crippen LogP) is 3.85. The van der Waals surface area contributed by atoms with E-state index in [1.165, 1.54) is 6.42 Å². The summed E-state index contributed by atoms with van der Waals surface area (Å²) in [5.41, 5.74) is 0.123. The molecule has 0 aromatic heterocycles. The number of epoxide rings is 3. The fourth-order valence-corrected chi connectivity index (χ4v) is 4.58. The van der Waals surface area contributed by atoms with Crippen molar-refractivity contribution < 1.29 is 18.9 Å². The SMILES string of the molecule is CC1(C)OC1CCC(C)(OCC1OC1(C)C)C1CCC2(C)OC2C1. The minimum absolute atomic E-state index is 0.00670. The molecule has 0 spiro atoms. The van der Waals surface area contributed by atoms with Crippen molar-refractivity contribution >= 4 is 0 Å². The molecule has 1 saturated carbocycles. The van der Waals surface area contributed by atoms with Gasteiger partial charge < -0.3 is 18.9 Å². The van der Waals surface area contributed by atoms with E-state index in [2.05, 4.69) is 41.5 Å². The van der Waals surface area contributed by atoms with Gasteiger partial charge in [0.1, 0.15) is 6.10 Å². The molecule has 0 radical (unpaired) electrons. The molecule has 4 heteroatoms. The van der Waals surface area contributed by atoms with Crippen molar-refractivity contribution in [1.82, 2.24) is 0 Å². The van der Waals surface area contributed by atoms with Crippen molar-refractivity contribution in [2.45, 2.75) is 114 Å². The molecular weight excluding hydrogens is 304 g/mol. The van der Waals surface area contributed by atoms with Crippen molar-refractivity contribution in [2.75, 3.05) is 6.61 Å². The normalized spacial score (nSPS) is 46.8. The van der Waals surface area contributed by atoms with E-state index < -0.39 is 0 Å². The molecule has 1 aliphatic carbocycles.